The molecule has 0 spiro atoms. The zero-order chi connectivity index (χ0) is 23.1. The predicted molar refractivity (Wildman–Crippen MR) is 126 cm³/mol. The second-order valence-corrected chi connectivity index (χ2v) is 8.53. The number of hydrogen-bond acceptors (Lipinski definition) is 5. The van der Waals surface area contributed by atoms with Gasteiger partial charge in [0.15, 0.2) is 0 Å². The number of carbonyl (C=O) groups is 1. The van der Waals surface area contributed by atoms with Gasteiger partial charge in [-0.2, -0.15) is 0 Å². The van der Waals surface area contributed by atoms with Crippen molar-refractivity contribution in [2.24, 2.45) is 0 Å². The van der Waals surface area contributed by atoms with Crippen LogP contribution in [0.25, 0.3) is 6.08 Å². The van der Waals surface area contributed by atoms with Gasteiger partial charge in [-0.15, -0.1) is 0 Å². The zero-order valence-corrected chi connectivity index (χ0v) is 18.8. The molecule has 0 aliphatic heterocycles. The first-order chi connectivity index (χ1) is 15.3. The number of sulfonamides is 1. The summed E-state index contributed by atoms with van der Waals surface area (Å²) < 4.78 is 38.8. The van der Waals surface area contributed by atoms with E-state index in [0.717, 1.165) is 11.3 Å². The number of nitrogens with one attached hydrogen (secondary N) is 2. The highest BCUT2D eigenvalue weighted by molar-refractivity contribution is 7.92. The van der Waals surface area contributed by atoms with Crippen LogP contribution in [0.1, 0.15) is 11.1 Å². The van der Waals surface area contributed by atoms with Crippen LogP contribution in [0.3, 0.4) is 0 Å². The number of rotatable bonds is 8. The van der Waals surface area contributed by atoms with E-state index in [1.54, 1.807) is 68.6 Å². The SMILES string of the molecule is COc1ccc(/C=C/C(=O)Nc2ccc(C)c(S(=O)(=O)Nc3ccccc3OC)c2)cc1. The van der Waals surface area contributed by atoms with Gasteiger partial charge in [0.25, 0.3) is 10.0 Å². The number of methoxy groups -OCH3 is 2. The second kappa shape index (κ2) is 10.0. The number of ether oxygens (including phenoxy) is 2. The minimum absolute atomic E-state index is 0.0559. The molecule has 3 aromatic rings. The highest BCUT2D eigenvalue weighted by Gasteiger charge is 2.19. The Bertz CT molecular complexity index is 1240. The molecule has 0 aliphatic carbocycles. The van der Waals surface area contributed by atoms with Gasteiger partial charge in [0.2, 0.25) is 5.91 Å². The molecule has 2 N–H and O–H groups in total. The molecule has 0 saturated carbocycles. The normalized spacial score (nSPS) is 11.2. The highest BCUT2D eigenvalue weighted by atomic mass is 32.2. The maximum atomic E-state index is 13.0. The first kappa shape index (κ1) is 22.9. The fourth-order valence-electron chi connectivity index (χ4n) is 2.97. The number of amides is 1. The van der Waals surface area contributed by atoms with Crippen LogP contribution in [0.5, 0.6) is 11.5 Å². The molecule has 0 unspecified atom stereocenters. The van der Waals surface area contributed by atoms with Gasteiger partial charge < -0.3 is 14.8 Å². The Morgan fingerprint density at radius 2 is 1.66 bits per heavy atom. The average molecular weight is 453 g/mol. The first-order valence-electron chi connectivity index (χ1n) is 9.72. The van der Waals surface area contributed by atoms with Crippen molar-refractivity contribution in [1.82, 2.24) is 0 Å². The predicted octanol–water partition coefficient (Wildman–Crippen LogP) is 4.46. The van der Waals surface area contributed by atoms with E-state index >= 15 is 0 Å². The third-order valence-electron chi connectivity index (χ3n) is 4.64. The van der Waals surface area contributed by atoms with Crippen LogP contribution >= 0.6 is 0 Å². The van der Waals surface area contributed by atoms with Gasteiger partial charge in [0.1, 0.15) is 11.5 Å². The largest absolute Gasteiger partial charge is 0.497 e. The third-order valence-corrected chi connectivity index (χ3v) is 6.15. The van der Waals surface area contributed by atoms with Crippen LogP contribution in [0.2, 0.25) is 0 Å². The molecule has 0 fully saturated rings. The van der Waals surface area contributed by atoms with Gasteiger partial charge in [-0.1, -0.05) is 30.3 Å². The standard InChI is InChI=1S/C24H24N2O5S/c1-17-8-12-19(25-24(27)15-11-18-9-13-20(30-2)14-10-18)16-23(17)32(28,29)26-21-6-4-5-7-22(21)31-3/h4-16,26H,1-3H3,(H,25,27)/b15-11+. The molecule has 0 radical (unpaired) electrons. The Kier molecular flexibility index (Phi) is 7.17. The Balaban J connectivity index is 1.77. The Morgan fingerprint density at radius 3 is 2.34 bits per heavy atom. The Labute approximate surface area is 187 Å². The van der Waals surface area contributed by atoms with Crippen molar-refractivity contribution < 1.29 is 22.7 Å². The zero-order valence-electron chi connectivity index (χ0n) is 18.0. The first-order valence-corrected chi connectivity index (χ1v) is 11.2. The van der Waals surface area contributed by atoms with E-state index in [-0.39, 0.29) is 10.8 Å². The van der Waals surface area contributed by atoms with E-state index in [2.05, 4.69) is 10.0 Å². The van der Waals surface area contributed by atoms with Gasteiger partial charge in [-0.25, -0.2) is 8.42 Å². The molecule has 0 saturated heterocycles. The second-order valence-electron chi connectivity index (χ2n) is 6.88. The summed E-state index contributed by atoms with van der Waals surface area (Å²) in [5, 5.41) is 2.69. The molecule has 3 rings (SSSR count). The van der Waals surface area contributed by atoms with Gasteiger partial charge in [-0.3, -0.25) is 9.52 Å². The lowest BCUT2D eigenvalue weighted by molar-refractivity contribution is -0.111. The van der Waals surface area contributed by atoms with E-state index in [9.17, 15) is 13.2 Å². The van der Waals surface area contributed by atoms with Crippen molar-refractivity contribution in [2.75, 3.05) is 24.3 Å². The van der Waals surface area contributed by atoms with Gasteiger partial charge >= 0.3 is 0 Å². The number of benzene rings is 3. The van der Waals surface area contributed by atoms with Crippen LogP contribution in [0.4, 0.5) is 11.4 Å². The summed E-state index contributed by atoms with van der Waals surface area (Å²) in [5.41, 5.74) is 2.06. The summed E-state index contributed by atoms with van der Waals surface area (Å²) in [5.74, 6) is 0.745. The summed E-state index contributed by atoms with van der Waals surface area (Å²) in [6.07, 6.45) is 3.03. The van der Waals surface area contributed by atoms with Gasteiger partial charge in [0.05, 0.1) is 24.8 Å². The Hall–Kier alpha value is -3.78. The molecule has 0 heterocycles. The van der Waals surface area contributed by atoms with E-state index in [0.29, 0.717) is 22.7 Å². The summed E-state index contributed by atoms with van der Waals surface area (Å²) in [6, 6.07) is 18.7. The topological polar surface area (TPSA) is 93.7 Å². The van der Waals surface area contributed by atoms with Crippen molar-refractivity contribution in [2.45, 2.75) is 11.8 Å². The van der Waals surface area contributed by atoms with Gasteiger partial charge in [-0.05, 0) is 60.5 Å². The molecule has 0 aliphatic rings. The lowest BCUT2D eigenvalue weighted by atomic mass is 10.2. The van der Waals surface area contributed by atoms with Crippen LogP contribution < -0.4 is 19.5 Å². The highest BCUT2D eigenvalue weighted by Crippen LogP contribution is 2.28. The molecule has 0 atom stereocenters. The maximum Gasteiger partial charge on any atom is 0.262 e. The van der Waals surface area contributed by atoms with E-state index < -0.39 is 10.0 Å². The molecular formula is C24H24N2O5S. The number of anilines is 2. The summed E-state index contributed by atoms with van der Waals surface area (Å²) in [7, 11) is -0.858. The van der Waals surface area contributed by atoms with Gasteiger partial charge in [0, 0.05) is 11.8 Å². The number of para-hydroxylation sites is 2. The fraction of sp³-hybridized carbons (Fsp3) is 0.125. The molecule has 0 bridgehead atoms. The summed E-state index contributed by atoms with van der Waals surface area (Å²) in [4.78, 5) is 12.4. The molecule has 32 heavy (non-hydrogen) atoms. The van der Waals surface area contributed by atoms with Crippen molar-refractivity contribution in [3.63, 3.8) is 0 Å². The van der Waals surface area contributed by atoms with E-state index in [4.69, 9.17) is 9.47 Å². The quantitative estimate of drug-likeness (QED) is 0.492. The minimum atomic E-state index is -3.91. The van der Waals surface area contributed by atoms with E-state index in [1.165, 1.54) is 19.3 Å². The lowest BCUT2D eigenvalue weighted by Crippen LogP contribution is -2.16. The Morgan fingerprint density at radius 1 is 0.938 bits per heavy atom. The average Bonchev–Trinajstić information content (AvgIpc) is 2.79. The molecule has 8 heteroatoms. The molecule has 3 aromatic carbocycles. The van der Waals surface area contributed by atoms with Crippen LogP contribution in [0, 0.1) is 6.92 Å². The van der Waals surface area contributed by atoms with Crippen LogP contribution in [-0.4, -0.2) is 28.5 Å². The molecule has 0 aromatic heterocycles. The number of aryl methyl sites for hydroxylation is 1. The summed E-state index contributed by atoms with van der Waals surface area (Å²) >= 11 is 0. The van der Waals surface area contributed by atoms with Crippen molar-refractivity contribution in [3.05, 3.63) is 83.9 Å². The number of hydrogen-bond donors (Lipinski definition) is 2. The summed E-state index contributed by atoms with van der Waals surface area (Å²) in [6.45, 7) is 1.69. The number of carbonyl (C=O) groups excluding carboxylic acids is 1. The lowest BCUT2D eigenvalue weighted by Gasteiger charge is -2.14. The molecule has 1 amide bonds. The van der Waals surface area contributed by atoms with Crippen molar-refractivity contribution in [1.29, 1.82) is 0 Å². The third kappa shape index (κ3) is 5.67. The fourth-order valence-corrected chi connectivity index (χ4v) is 4.31. The van der Waals surface area contributed by atoms with Crippen molar-refractivity contribution in [3.8, 4) is 11.5 Å². The monoisotopic (exact) mass is 452 g/mol. The molecule has 7 nitrogen and oxygen atoms in total. The maximum absolute atomic E-state index is 13.0. The molecule has 166 valence electrons. The molecular weight excluding hydrogens is 428 g/mol. The minimum Gasteiger partial charge on any atom is -0.497 e. The van der Waals surface area contributed by atoms with Crippen LogP contribution in [-0.2, 0) is 14.8 Å². The van der Waals surface area contributed by atoms with E-state index in [1.807, 2.05) is 12.1 Å². The smallest absolute Gasteiger partial charge is 0.262 e. The van der Waals surface area contributed by atoms with Crippen LogP contribution in [0.15, 0.2) is 77.7 Å². The van der Waals surface area contributed by atoms with Crippen molar-refractivity contribution >= 4 is 33.4 Å².